The van der Waals surface area contributed by atoms with Crippen LogP contribution >= 0.6 is 0 Å². The summed E-state index contributed by atoms with van der Waals surface area (Å²) in [5.41, 5.74) is 5.96. The molecule has 0 bridgehead atoms. The third-order valence-electron chi connectivity index (χ3n) is 4.14. The maximum absolute atomic E-state index is 12.0. The van der Waals surface area contributed by atoms with Crippen LogP contribution in [0, 0.1) is 5.92 Å². The first-order valence-corrected chi connectivity index (χ1v) is 9.51. The van der Waals surface area contributed by atoms with Crippen molar-refractivity contribution in [2.75, 3.05) is 16.8 Å². The van der Waals surface area contributed by atoms with E-state index in [2.05, 4.69) is 10.4 Å². The number of amides is 1. The van der Waals surface area contributed by atoms with Gasteiger partial charge >= 0.3 is 0 Å². The van der Waals surface area contributed by atoms with Gasteiger partial charge in [-0.25, -0.2) is 8.42 Å². The molecule has 124 valence electrons. The van der Waals surface area contributed by atoms with Gasteiger partial charge < -0.3 is 11.1 Å². The van der Waals surface area contributed by atoms with E-state index < -0.39 is 9.84 Å². The number of hydrogen-bond donors (Lipinski definition) is 2. The van der Waals surface area contributed by atoms with Crippen LogP contribution in [0.25, 0.3) is 0 Å². The van der Waals surface area contributed by atoms with Crippen LogP contribution in [0.2, 0.25) is 0 Å². The summed E-state index contributed by atoms with van der Waals surface area (Å²) >= 11 is 0. The van der Waals surface area contributed by atoms with Crippen molar-refractivity contribution in [3.8, 4) is 0 Å². The largest absolute Gasteiger partial charge is 0.327 e. The highest BCUT2D eigenvalue weighted by atomic mass is 32.2. The second-order valence-corrected chi connectivity index (χ2v) is 8.28. The summed E-state index contributed by atoms with van der Waals surface area (Å²) in [6.45, 7) is 1.91. The molecule has 1 amide bonds. The van der Waals surface area contributed by atoms with E-state index in [-0.39, 0.29) is 29.4 Å². The van der Waals surface area contributed by atoms with Gasteiger partial charge in [-0.2, -0.15) is 5.10 Å². The molecule has 0 spiro atoms. The lowest BCUT2D eigenvalue weighted by molar-refractivity contribution is -0.117. The van der Waals surface area contributed by atoms with Crippen molar-refractivity contribution in [2.45, 2.75) is 45.2 Å². The Labute approximate surface area is 131 Å². The van der Waals surface area contributed by atoms with Crippen LogP contribution < -0.4 is 11.1 Å². The molecule has 0 unspecified atom stereocenters. The van der Waals surface area contributed by atoms with Crippen LogP contribution in [-0.4, -0.2) is 41.7 Å². The third-order valence-corrected chi connectivity index (χ3v) is 5.83. The fourth-order valence-corrected chi connectivity index (χ4v) is 3.43. The number of nitrogens with two attached hydrogens (primary N) is 1. The average molecular weight is 328 g/mol. The quantitative estimate of drug-likeness (QED) is 0.769. The number of anilines is 1. The smallest absolute Gasteiger partial charge is 0.225 e. The van der Waals surface area contributed by atoms with Crippen LogP contribution in [0.1, 0.15) is 32.6 Å². The number of hydrogen-bond acceptors (Lipinski definition) is 5. The van der Waals surface area contributed by atoms with Crippen LogP contribution in [0.3, 0.4) is 0 Å². The van der Waals surface area contributed by atoms with Gasteiger partial charge in [0, 0.05) is 30.5 Å². The normalized spacial score (nSPS) is 21.9. The summed E-state index contributed by atoms with van der Waals surface area (Å²) < 4.78 is 24.4. The Morgan fingerprint density at radius 1 is 1.50 bits per heavy atom. The standard InChI is InChI=1S/C14H24N4O3S/c1-2-22(20,21)9-8-18-7-6-13(17-18)16-14(19)10-11-4-3-5-12(11)15/h6-7,11-12H,2-5,8-10,15H2,1H3,(H,16,17,19)/t11-,12+/m0/s1. The van der Waals surface area contributed by atoms with E-state index >= 15 is 0 Å². The van der Waals surface area contributed by atoms with Crippen molar-refractivity contribution in [2.24, 2.45) is 11.7 Å². The number of rotatable bonds is 7. The zero-order valence-electron chi connectivity index (χ0n) is 12.9. The van der Waals surface area contributed by atoms with Crippen molar-refractivity contribution in [1.82, 2.24) is 9.78 Å². The summed E-state index contributed by atoms with van der Waals surface area (Å²) in [6, 6.07) is 1.79. The Morgan fingerprint density at radius 3 is 2.91 bits per heavy atom. The van der Waals surface area contributed by atoms with E-state index in [0.717, 1.165) is 19.3 Å². The van der Waals surface area contributed by atoms with Crippen molar-refractivity contribution in [3.05, 3.63) is 12.3 Å². The molecular formula is C14H24N4O3S. The Balaban J connectivity index is 1.82. The lowest BCUT2D eigenvalue weighted by Gasteiger charge is -2.13. The number of sulfone groups is 1. The molecule has 1 aromatic rings. The topological polar surface area (TPSA) is 107 Å². The molecule has 0 radical (unpaired) electrons. The fraction of sp³-hybridized carbons (Fsp3) is 0.714. The molecule has 0 saturated heterocycles. The van der Waals surface area contributed by atoms with Gasteiger partial charge in [-0.05, 0) is 18.8 Å². The molecule has 22 heavy (non-hydrogen) atoms. The monoisotopic (exact) mass is 328 g/mol. The highest BCUT2D eigenvalue weighted by Crippen LogP contribution is 2.26. The summed E-state index contributed by atoms with van der Waals surface area (Å²) in [6.07, 6.45) is 5.15. The van der Waals surface area contributed by atoms with Crippen molar-refractivity contribution >= 4 is 21.6 Å². The van der Waals surface area contributed by atoms with Gasteiger partial charge in [0.1, 0.15) is 0 Å². The number of carbonyl (C=O) groups excluding carboxylic acids is 1. The van der Waals surface area contributed by atoms with E-state index in [4.69, 9.17) is 5.73 Å². The van der Waals surface area contributed by atoms with Crippen molar-refractivity contribution in [1.29, 1.82) is 0 Å². The van der Waals surface area contributed by atoms with Crippen LogP contribution in [0.4, 0.5) is 5.82 Å². The highest BCUT2D eigenvalue weighted by molar-refractivity contribution is 7.91. The number of carbonyl (C=O) groups is 1. The zero-order valence-corrected chi connectivity index (χ0v) is 13.7. The van der Waals surface area contributed by atoms with Gasteiger partial charge in [-0.1, -0.05) is 13.3 Å². The first-order valence-electron chi connectivity index (χ1n) is 7.69. The summed E-state index contributed by atoms with van der Waals surface area (Å²) in [5.74, 6) is 0.783. The number of aromatic nitrogens is 2. The van der Waals surface area contributed by atoms with Gasteiger partial charge in [0.25, 0.3) is 0 Å². The Morgan fingerprint density at radius 2 is 2.27 bits per heavy atom. The molecule has 1 heterocycles. The van der Waals surface area contributed by atoms with Crippen LogP contribution in [0.15, 0.2) is 12.3 Å². The van der Waals surface area contributed by atoms with E-state index in [1.54, 1.807) is 19.2 Å². The summed E-state index contributed by atoms with van der Waals surface area (Å²) in [4.78, 5) is 12.0. The molecular weight excluding hydrogens is 304 g/mol. The lowest BCUT2D eigenvalue weighted by Crippen LogP contribution is -2.28. The minimum absolute atomic E-state index is 0.0511. The van der Waals surface area contributed by atoms with Gasteiger partial charge in [-0.3, -0.25) is 9.48 Å². The fourth-order valence-electron chi connectivity index (χ4n) is 2.68. The lowest BCUT2D eigenvalue weighted by atomic mass is 10.00. The van der Waals surface area contributed by atoms with Crippen molar-refractivity contribution < 1.29 is 13.2 Å². The molecule has 1 fully saturated rings. The Hall–Kier alpha value is -1.41. The highest BCUT2D eigenvalue weighted by Gasteiger charge is 2.26. The van der Waals surface area contributed by atoms with Crippen LogP contribution in [0.5, 0.6) is 0 Å². The molecule has 1 aliphatic carbocycles. The molecule has 1 aromatic heterocycles. The third kappa shape index (κ3) is 4.81. The molecule has 2 rings (SSSR count). The molecule has 8 heteroatoms. The Bertz CT molecular complexity index is 611. The van der Waals surface area contributed by atoms with Crippen LogP contribution in [-0.2, 0) is 21.2 Å². The Kier molecular flexibility index (Phi) is 5.57. The molecule has 1 saturated carbocycles. The first kappa shape index (κ1) is 17.0. The maximum Gasteiger partial charge on any atom is 0.225 e. The minimum atomic E-state index is -3.02. The van der Waals surface area contributed by atoms with Crippen molar-refractivity contribution in [3.63, 3.8) is 0 Å². The molecule has 0 aromatic carbocycles. The number of nitrogens with one attached hydrogen (secondary N) is 1. The SMILES string of the molecule is CCS(=O)(=O)CCn1ccc(NC(=O)C[C@@H]2CCC[C@H]2N)n1. The number of aryl methyl sites for hydroxylation is 1. The van der Waals surface area contributed by atoms with Gasteiger partial charge in [0.2, 0.25) is 5.91 Å². The minimum Gasteiger partial charge on any atom is -0.327 e. The van der Waals surface area contributed by atoms with E-state index in [0.29, 0.717) is 18.8 Å². The predicted molar refractivity (Wildman–Crippen MR) is 85.1 cm³/mol. The number of nitrogens with zero attached hydrogens (tertiary/aromatic N) is 2. The predicted octanol–water partition coefficient (Wildman–Crippen LogP) is 0.774. The molecule has 1 aliphatic rings. The second-order valence-electron chi connectivity index (χ2n) is 5.81. The maximum atomic E-state index is 12.0. The van der Waals surface area contributed by atoms with E-state index in [9.17, 15) is 13.2 Å². The second kappa shape index (κ2) is 7.23. The summed E-state index contributed by atoms with van der Waals surface area (Å²) in [7, 11) is -3.02. The first-order chi connectivity index (χ1) is 10.4. The molecule has 7 nitrogen and oxygen atoms in total. The summed E-state index contributed by atoms with van der Waals surface area (Å²) in [5, 5.41) is 6.92. The molecule has 2 atom stereocenters. The van der Waals surface area contributed by atoms with Gasteiger partial charge in [0.15, 0.2) is 15.7 Å². The van der Waals surface area contributed by atoms with E-state index in [1.165, 1.54) is 4.68 Å². The average Bonchev–Trinajstić information content (AvgIpc) is 3.07. The van der Waals surface area contributed by atoms with Gasteiger partial charge in [0.05, 0.1) is 12.3 Å². The molecule has 0 aliphatic heterocycles. The van der Waals surface area contributed by atoms with E-state index in [1.807, 2.05) is 0 Å². The zero-order chi connectivity index (χ0) is 16.2. The van der Waals surface area contributed by atoms with Gasteiger partial charge in [-0.15, -0.1) is 0 Å². The molecule has 3 N–H and O–H groups in total.